The first-order valence-corrected chi connectivity index (χ1v) is 15.7. The summed E-state index contributed by atoms with van der Waals surface area (Å²) in [6.45, 7) is 16.6. The molecule has 1 amide bonds. The Bertz CT molecular complexity index is 1150. The maximum atomic E-state index is 12.9. The molecule has 0 radical (unpaired) electrons. The Morgan fingerprint density at radius 3 is 1.87 bits per heavy atom. The van der Waals surface area contributed by atoms with Gasteiger partial charge in [-0.3, -0.25) is 9.63 Å². The highest BCUT2D eigenvalue weighted by atomic mass is 16.8. The second-order valence-electron chi connectivity index (χ2n) is 14.4. The van der Waals surface area contributed by atoms with E-state index in [-0.39, 0.29) is 18.9 Å². The van der Waals surface area contributed by atoms with Gasteiger partial charge in [-0.25, -0.2) is 4.79 Å². The molecule has 0 aliphatic carbocycles. The van der Waals surface area contributed by atoms with Crippen molar-refractivity contribution in [2.24, 2.45) is 0 Å². The third-order valence-corrected chi connectivity index (χ3v) is 8.91. The number of amides is 1. The van der Waals surface area contributed by atoms with E-state index in [2.05, 4.69) is 5.32 Å². The SMILES string of the molecule is COC(=O)[C@@H]1C[C@H]([C@@H](NC(C)=O)[C@H]2OC(C)(C)O[C@@H]2[C@H]2COC(C)(C)O2)N([C@H]2O[C@H]([C@H]3COC(C)(C)O3)[C@@H]3OC(C)(C)O[C@@H]32)O1. The van der Waals surface area contributed by atoms with Crippen LogP contribution in [-0.2, 0) is 61.8 Å². The molecule has 256 valence electrons. The van der Waals surface area contributed by atoms with Crippen LogP contribution in [0.4, 0.5) is 0 Å². The Balaban J connectivity index is 1.35. The number of fused-ring (bicyclic) bond motifs is 1. The molecule has 0 saturated carbocycles. The minimum Gasteiger partial charge on any atom is -0.467 e. The molecule has 45 heavy (non-hydrogen) atoms. The van der Waals surface area contributed by atoms with Gasteiger partial charge < -0.3 is 52.7 Å². The number of nitrogens with one attached hydrogen (secondary N) is 1. The third-order valence-electron chi connectivity index (χ3n) is 8.91. The number of nitrogens with zero attached hydrogens (tertiary/aromatic N) is 1. The number of ether oxygens (including phenoxy) is 10. The lowest BCUT2D eigenvalue weighted by Gasteiger charge is -2.39. The summed E-state index contributed by atoms with van der Waals surface area (Å²) in [5.74, 6) is -4.42. The van der Waals surface area contributed by atoms with Gasteiger partial charge in [-0.15, -0.1) is 0 Å². The summed E-state index contributed by atoms with van der Waals surface area (Å²) in [6, 6.07) is -1.41. The number of hydrogen-bond donors (Lipinski definition) is 1. The van der Waals surface area contributed by atoms with Crippen LogP contribution in [0.1, 0.15) is 68.7 Å². The average molecular weight is 645 g/mol. The zero-order chi connectivity index (χ0) is 32.7. The van der Waals surface area contributed by atoms with Crippen LogP contribution in [0.5, 0.6) is 0 Å². The highest BCUT2D eigenvalue weighted by Gasteiger charge is 2.64. The molecular weight excluding hydrogens is 596 g/mol. The maximum Gasteiger partial charge on any atom is 0.337 e. The predicted molar refractivity (Wildman–Crippen MR) is 151 cm³/mol. The molecule has 0 bridgehead atoms. The summed E-state index contributed by atoms with van der Waals surface area (Å²) < 4.78 is 61.4. The first-order chi connectivity index (χ1) is 20.9. The summed E-state index contributed by atoms with van der Waals surface area (Å²) in [7, 11) is 1.30. The summed E-state index contributed by atoms with van der Waals surface area (Å²) >= 11 is 0. The van der Waals surface area contributed by atoms with Gasteiger partial charge >= 0.3 is 5.97 Å². The van der Waals surface area contributed by atoms with Crippen LogP contribution in [0, 0.1) is 0 Å². The fourth-order valence-electron chi connectivity index (χ4n) is 7.30. The van der Waals surface area contributed by atoms with E-state index in [9.17, 15) is 9.59 Å². The van der Waals surface area contributed by atoms with Gasteiger partial charge in [-0.2, -0.15) is 5.06 Å². The van der Waals surface area contributed by atoms with Crippen molar-refractivity contribution < 1.29 is 61.8 Å². The van der Waals surface area contributed by atoms with Crippen molar-refractivity contribution in [2.45, 2.75) is 159 Å². The van der Waals surface area contributed by atoms with Crippen LogP contribution in [0.25, 0.3) is 0 Å². The summed E-state index contributed by atoms with van der Waals surface area (Å²) in [5.41, 5.74) is 0. The molecule has 6 saturated heterocycles. The topological polar surface area (TPSA) is 151 Å². The number of rotatable bonds is 7. The van der Waals surface area contributed by atoms with Gasteiger partial charge in [0.15, 0.2) is 35.5 Å². The molecule has 0 spiro atoms. The van der Waals surface area contributed by atoms with Gasteiger partial charge in [0.1, 0.15) is 42.7 Å². The predicted octanol–water partition coefficient (Wildman–Crippen LogP) is 1.11. The van der Waals surface area contributed by atoms with Crippen molar-refractivity contribution in [1.82, 2.24) is 10.4 Å². The molecule has 0 aromatic carbocycles. The summed E-state index contributed by atoms with van der Waals surface area (Å²) in [5, 5.41) is 4.66. The normalized spacial score (nSPS) is 43.8. The fourth-order valence-corrected chi connectivity index (χ4v) is 7.30. The summed E-state index contributed by atoms with van der Waals surface area (Å²) in [4.78, 5) is 32.0. The van der Waals surface area contributed by atoms with Gasteiger partial charge in [0.25, 0.3) is 0 Å². The molecule has 6 rings (SSSR count). The van der Waals surface area contributed by atoms with Crippen LogP contribution < -0.4 is 5.32 Å². The molecule has 6 heterocycles. The Labute approximate surface area is 263 Å². The van der Waals surface area contributed by atoms with Gasteiger partial charge in [0.2, 0.25) is 5.91 Å². The van der Waals surface area contributed by atoms with Gasteiger partial charge in [0.05, 0.1) is 32.4 Å². The van der Waals surface area contributed by atoms with Crippen molar-refractivity contribution >= 4 is 11.9 Å². The van der Waals surface area contributed by atoms with E-state index in [0.29, 0.717) is 6.61 Å². The smallest absolute Gasteiger partial charge is 0.337 e. The van der Waals surface area contributed by atoms with Crippen molar-refractivity contribution in [3.63, 3.8) is 0 Å². The van der Waals surface area contributed by atoms with E-state index >= 15 is 0 Å². The van der Waals surface area contributed by atoms with Crippen LogP contribution in [0.15, 0.2) is 0 Å². The maximum absolute atomic E-state index is 12.9. The zero-order valence-corrected chi connectivity index (χ0v) is 27.7. The quantitative estimate of drug-likeness (QED) is 0.394. The van der Waals surface area contributed by atoms with E-state index in [1.165, 1.54) is 14.0 Å². The van der Waals surface area contributed by atoms with Crippen LogP contribution >= 0.6 is 0 Å². The lowest BCUT2D eigenvalue weighted by atomic mass is 9.91. The molecule has 6 fully saturated rings. The molecule has 0 unspecified atom stereocenters. The largest absolute Gasteiger partial charge is 0.467 e. The lowest BCUT2D eigenvalue weighted by Crippen LogP contribution is -2.61. The first kappa shape index (κ1) is 33.4. The van der Waals surface area contributed by atoms with E-state index in [1.807, 2.05) is 41.5 Å². The fraction of sp³-hybridized carbons (Fsp3) is 0.933. The first-order valence-electron chi connectivity index (χ1n) is 15.7. The highest BCUT2D eigenvalue weighted by Crippen LogP contribution is 2.46. The number of carbonyl (C=O) groups is 2. The molecule has 1 N–H and O–H groups in total. The number of esters is 1. The van der Waals surface area contributed by atoms with Crippen molar-refractivity contribution in [2.75, 3.05) is 20.3 Å². The van der Waals surface area contributed by atoms with E-state index in [1.54, 1.807) is 18.9 Å². The monoisotopic (exact) mass is 644 g/mol. The second-order valence-corrected chi connectivity index (χ2v) is 14.4. The van der Waals surface area contributed by atoms with Crippen LogP contribution in [-0.4, -0.2) is 128 Å². The third kappa shape index (κ3) is 6.64. The minimum absolute atomic E-state index is 0.153. The molecule has 6 aliphatic heterocycles. The van der Waals surface area contributed by atoms with Crippen molar-refractivity contribution in [3.05, 3.63) is 0 Å². The molecule has 0 aromatic rings. The lowest BCUT2D eigenvalue weighted by molar-refractivity contribution is -0.294. The Morgan fingerprint density at radius 2 is 1.31 bits per heavy atom. The zero-order valence-electron chi connectivity index (χ0n) is 27.7. The van der Waals surface area contributed by atoms with Crippen molar-refractivity contribution in [1.29, 1.82) is 0 Å². The van der Waals surface area contributed by atoms with Gasteiger partial charge in [-0.05, 0) is 55.4 Å². The molecular formula is C30H48N2O13. The summed E-state index contributed by atoms with van der Waals surface area (Å²) in [6.07, 6.45) is -5.71. The van der Waals surface area contributed by atoms with E-state index < -0.39 is 96.3 Å². The molecule has 15 nitrogen and oxygen atoms in total. The Kier molecular flexibility index (Phi) is 8.60. The molecule has 11 atom stereocenters. The standard InChI is InChI=1S/C30H48N2O13/c1-14(33)31-19(22-21(41-29(6,7)42-22)18-13-37-28(4,5)40-18)15-11-16(26(34)35-10)45-32(15)25-24-23(43-30(8,9)44-24)20(38-25)17-12-36-27(2,3)39-17/h15-25H,11-13H2,1-10H3,(H,31,33)/t15-,16+,17-,18-,19-,20-,21-,22-,23+,24+,25+/m1/s1. The van der Waals surface area contributed by atoms with Gasteiger partial charge in [-0.1, -0.05) is 0 Å². The second kappa shape index (κ2) is 11.6. The van der Waals surface area contributed by atoms with Gasteiger partial charge in [0, 0.05) is 13.3 Å². The highest BCUT2D eigenvalue weighted by molar-refractivity contribution is 5.75. The minimum atomic E-state index is -1.01. The van der Waals surface area contributed by atoms with E-state index in [4.69, 9.17) is 52.2 Å². The van der Waals surface area contributed by atoms with E-state index in [0.717, 1.165) is 0 Å². The molecule has 15 heteroatoms. The Hall–Kier alpha value is -1.50. The average Bonchev–Trinajstić information content (AvgIpc) is 3.75. The molecule has 0 aromatic heterocycles. The van der Waals surface area contributed by atoms with Crippen LogP contribution in [0.2, 0.25) is 0 Å². The number of hydroxylamine groups is 2. The number of carbonyl (C=O) groups excluding carboxylic acids is 2. The number of hydrogen-bond acceptors (Lipinski definition) is 14. The van der Waals surface area contributed by atoms with Crippen molar-refractivity contribution in [3.8, 4) is 0 Å². The number of methoxy groups -OCH3 is 1. The molecule has 6 aliphatic rings. The Morgan fingerprint density at radius 1 is 0.756 bits per heavy atom. The van der Waals surface area contributed by atoms with Crippen LogP contribution in [0.3, 0.4) is 0 Å².